The van der Waals surface area contributed by atoms with Crippen LogP contribution >= 0.6 is 0 Å². The predicted molar refractivity (Wildman–Crippen MR) is 83.8 cm³/mol. The fourth-order valence-electron chi connectivity index (χ4n) is 2.00. The second kappa shape index (κ2) is 9.26. The first-order valence-electron chi connectivity index (χ1n) is 7.52. The van der Waals surface area contributed by atoms with Crippen LogP contribution in [0.15, 0.2) is 24.3 Å². The normalized spacial score (nSPS) is 12.5. The first-order chi connectivity index (χ1) is 11.6. The first-order valence-corrected chi connectivity index (χ1v) is 7.52. The lowest BCUT2D eigenvalue weighted by Gasteiger charge is -2.20. The standard InChI is InChI=1S/C16H21F3N2O4/c1-11(14(22)23)8-21(2)15(24)20-7-12-4-3-5-13(6-12)9-25-10-16(17,18)19/h3-6,11H,7-10H2,1-2H3,(H,20,24)(H,22,23). The molecule has 0 fully saturated rings. The van der Waals surface area contributed by atoms with Crippen LogP contribution < -0.4 is 5.32 Å². The van der Waals surface area contributed by atoms with Gasteiger partial charge in [0.05, 0.1) is 12.5 Å². The van der Waals surface area contributed by atoms with Crippen molar-refractivity contribution in [2.24, 2.45) is 5.92 Å². The number of benzene rings is 1. The topological polar surface area (TPSA) is 78.9 Å². The number of carbonyl (C=O) groups excluding carboxylic acids is 1. The molecule has 1 atom stereocenters. The summed E-state index contributed by atoms with van der Waals surface area (Å²) in [6.45, 7) is 0.221. The molecule has 1 unspecified atom stereocenters. The molecule has 0 spiro atoms. The number of ether oxygens (including phenoxy) is 1. The number of carboxylic acids is 1. The van der Waals surface area contributed by atoms with E-state index in [1.54, 1.807) is 24.3 Å². The maximum atomic E-state index is 12.0. The van der Waals surface area contributed by atoms with Crippen LogP contribution in [-0.2, 0) is 22.7 Å². The van der Waals surface area contributed by atoms with Crippen LogP contribution in [0.4, 0.5) is 18.0 Å². The summed E-state index contributed by atoms with van der Waals surface area (Å²) in [5.41, 5.74) is 1.25. The highest BCUT2D eigenvalue weighted by Crippen LogP contribution is 2.16. The van der Waals surface area contributed by atoms with Crippen LogP contribution in [-0.4, -0.2) is 48.4 Å². The van der Waals surface area contributed by atoms with Gasteiger partial charge in [-0.25, -0.2) is 4.79 Å². The van der Waals surface area contributed by atoms with Crippen molar-refractivity contribution in [1.82, 2.24) is 10.2 Å². The minimum absolute atomic E-state index is 0.0620. The Kier molecular flexibility index (Phi) is 7.69. The van der Waals surface area contributed by atoms with E-state index in [2.05, 4.69) is 10.1 Å². The summed E-state index contributed by atoms with van der Waals surface area (Å²) in [6.07, 6.45) is -4.37. The third kappa shape index (κ3) is 8.39. The molecule has 0 saturated carbocycles. The molecule has 140 valence electrons. The van der Waals surface area contributed by atoms with Gasteiger partial charge in [0.25, 0.3) is 0 Å². The number of alkyl halides is 3. The van der Waals surface area contributed by atoms with Gasteiger partial charge < -0.3 is 20.1 Å². The van der Waals surface area contributed by atoms with E-state index in [0.29, 0.717) is 11.1 Å². The number of nitrogens with zero attached hydrogens (tertiary/aromatic N) is 1. The fourth-order valence-corrected chi connectivity index (χ4v) is 2.00. The van der Waals surface area contributed by atoms with Gasteiger partial charge in [-0.05, 0) is 11.1 Å². The minimum atomic E-state index is -4.37. The second-order valence-electron chi connectivity index (χ2n) is 5.71. The van der Waals surface area contributed by atoms with Gasteiger partial charge in [0.15, 0.2) is 0 Å². The van der Waals surface area contributed by atoms with E-state index in [0.717, 1.165) is 0 Å². The number of nitrogens with one attached hydrogen (secondary N) is 1. The lowest BCUT2D eigenvalue weighted by atomic mass is 10.1. The van der Waals surface area contributed by atoms with Gasteiger partial charge in [-0.2, -0.15) is 13.2 Å². The molecule has 1 aromatic rings. The Hall–Kier alpha value is -2.29. The van der Waals surface area contributed by atoms with E-state index in [4.69, 9.17) is 5.11 Å². The highest BCUT2D eigenvalue weighted by atomic mass is 19.4. The molecule has 0 saturated heterocycles. The summed E-state index contributed by atoms with van der Waals surface area (Å²) in [5.74, 6) is -1.68. The molecule has 2 N–H and O–H groups in total. The molecule has 9 heteroatoms. The molecule has 0 aromatic heterocycles. The molecular weight excluding hydrogens is 341 g/mol. The first kappa shape index (κ1) is 20.8. The number of carbonyl (C=O) groups is 2. The van der Waals surface area contributed by atoms with Crippen molar-refractivity contribution in [3.8, 4) is 0 Å². The molecule has 0 heterocycles. The molecule has 25 heavy (non-hydrogen) atoms. The van der Waals surface area contributed by atoms with E-state index in [1.807, 2.05) is 0 Å². The van der Waals surface area contributed by atoms with Gasteiger partial charge in [-0.1, -0.05) is 31.2 Å². The third-order valence-corrected chi connectivity index (χ3v) is 3.29. The third-order valence-electron chi connectivity index (χ3n) is 3.29. The molecule has 1 aromatic carbocycles. The molecule has 0 radical (unpaired) electrons. The van der Waals surface area contributed by atoms with Crippen molar-refractivity contribution < 1.29 is 32.6 Å². The smallest absolute Gasteiger partial charge is 0.411 e. The van der Waals surface area contributed by atoms with Gasteiger partial charge in [0, 0.05) is 20.1 Å². The van der Waals surface area contributed by atoms with Gasteiger partial charge in [0.1, 0.15) is 6.61 Å². The number of aliphatic carboxylic acids is 1. The molecule has 0 bridgehead atoms. The summed E-state index contributed by atoms with van der Waals surface area (Å²) in [4.78, 5) is 24.0. The number of halogens is 3. The maximum Gasteiger partial charge on any atom is 0.411 e. The van der Waals surface area contributed by atoms with Crippen molar-refractivity contribution in [2.75, 3.05) is 20.2 Å². The van der Waals surface area contributed by atoms with E-state index in [9.17, 15) is 22.8 Å². The largest absolute Gasteiger partial charge is 0.481 e. The van der Waals surface area contributed by atoms with E-state index < -0.39 is 30.7 Å². The number of carboxylic acid groups (broad SMARTS) is 1. The van der Waals surface area contributed by atoms with E-state index >= 15 is 0 Å². The lowest BCUT2D eigenvalue weighted by molar-refractivity contribution is -0.176. The average molecular weight is 362 g/mol. The minimum Gasteiger partial charge on any atom is -0.481 e. The van der Waals surface area contributed by atoms with Gasteiger partial charge in [0.2, 0.25) is 0 Å². The Morgan fingerprint density at radius 1 is 1.32 bits per heavy atom. The number of urea groups is 1. The highest BCUT2D eigenvalue weighted by Gasteiger charge is 2.27. The zero-order chi connectivity index (χ0) is 19.0. The van der Waals surface area contributed by atoms with Crippen LogP contribution in [0.2, 0.25) is 0 Å². The lowest BCUT2D eigenvalue weighted by Crippen LogP contribution is -2.40. The van der Waals surface area contributed by atoms with Crippen molar-refractivity contribution in [3.63, 3.8) is 0 Å². The van der Waals surface area contributed by atoms with Crippen LogP contribution in [0, 0.1) is 5.92 Å². The maximum absolute atomic E-state index is 12.0. The predicted octanol–water partition coefficient (Wildman–Crippen LogP) is 2.63. The fraction of sp³-hybridized carbons (Fsp3) is 0.500. The van der Waals surface area contributed by atoms with Gasteiger partial charge in [-0.3, -0.25) is 4.79 Å². The SMILES string of the molecule is CC(CN(C)C(=O)NCc1cccc(COCC(F)(F)F)c1)C(=O)O. The Bertz CT molecular complexity index is 593. The van der Waals surface area contributed by atoms with Crippen LogP contribution in [0.3, 0.4) is 0 Å². The van der Waals surface area contributed by atoms with Crippen molar-refractivity contribution in [3.05, 3.63) is 35.4 Å². The summed E-state index contributed by atoms with van der Waals surface area (Å²) in [5, 5.41) is 11.5. The number of hydrogen-bond donors (Lipinski definition) is 2. The van der Waals surface area contributed by atoms with Crippen LogP contribution in [0.25, 0.3) is 0 Å². The molecule has 0 aliphatic rings. The molecule has 1 rings (SSSR count). The highest BCUT2D eigenvalue weighted by molar-refractivity contribution is 5.75. The number of amides is 2. The Labute approximate surface area is 143 Å². The van der Waals surface area contributed by atoms with Crippen molar-refractivity contribution >= 4 is 12.0 Å². The number of rotatable bonds is 8. The summed E-state index contributed by atoms with van der Waals surface area (Å²) in [7, 11) is 1.48. The molecular formula is C16H21F3N2O4. The summed E-state index contributed by atoms with van der Waals surface area (Å²) in [6, 6.07) is 6.20. The molecule has 0 aliphatic heterocycles. The zero-order valence-corrected chi connectivity index (χ0v) is 14.0. The van der Waals surface area contributed by atoms with E-state index in [-0.39, 0.29) is 19.7 Å². The van der Waals surface area contributed by atoms with E-state index in [1.165, 1.54) is 18.9 Å². The Balaban J connectivity index is 2.47. The van der Waals surface area contributed by atoms with Gasteiger partial charge >= 0.3 is 18.2 Å². The van der Waals surface area contributed by atoms with Crippen LogP contribution in [0.5, 0.6) is 0 Å². The zero-order valence-electron chi connectivity index (χ0n) is 14.0. The average Bonchev–Trinajstić information content (AvgIpc) is 2.51. The van der Waals surface area contributed by atoms with Crippen LogP contribution in [0.1, 0.15) is 18.1 Å². The Morgan fingerprint density at radius 3 is 2.56 bits per heavy atom. The monoisotopic (exact) mass is 362 g/mol. The van der Waals surface area contributed by atoms with Crippen molar-refractivity contribution in [2.45, 2.75) is 26.3 Å². The van der Waals surface area contributed by atoms with Gasteiger partial charge in [-0.15, -0.1) is 0 Å². The molecule has 6 nitrogen and oxygen atoms in total. The Morgan fingerprint density at radius 2 is 1.96 bits per heavy atom. The molecule has 2 amide bonds. The quantitative estimate of drug-likeness (QED) is 0.745. The number of hydrogen-bond acceptors (Lipinski definition) is 3. The summed E-state index contributed by atoms with van der Waals surface area (Å²) >= 11 is 0. The molecule has 0 aliphatic carbocycles. The second-order valence-corrected chi connectivity index (χ2v) is 5.71. The summed E-state index contributed by atoms with van der Waals surface area (Å²) < 4.78 is 40.7. The van der Waals surface area contributed by atoms with Crippen molar-refractivity contribution in [1.29, 1.82) is 0 Å².